The van der Waals surface area contributed by atoms with Crippen molar-refractivity contribution in [1.82, 2.24) is 10.6 Å². The summed E-state index contributed by atoms with van der Waals surface area (Å²) in [6.07, 6.45) is 12.4. The molecule has 0 aromatic carbocycles. The zero-order chi connectivity index (χ0) is 16.3. The van der Waals surface area contributed by atoms with Crippen LogP contribution in [0.15, 0.2) is 0 Å². The molecule has 0 saturated heterocycles. The number of nitrogens with one attached hydrogen (secondary N) is 2. The van der Waals surface area contributed by atoms with Crippen LogP contribution in [-0.4, -0.2) is 31.4 Å². The molecule has 0 spiro atoms. The van der Waals surface area contributed by atoms with Crippen LogP contribution in [0.1, 0.15) is 64.7 Å². The summed E-state index contributed by atoms with van der Waals surface area (Å²) in [7, 11) is 1.75. The molecule has 4 bridgehead atoms. The van der Waals surface area contributed by atoms with E-state index in [1.165, 1.54) is 51.4 Å². The molecular weight excluding hydrogens is 304 g/mol. The number of methoxy groups -OCH3 is 1. The van der Waals surface area contributed by atoms with Crippen LogP contribution in [0.25, 0.3) is 0 Å². The molecule has 2 N–H and O–H groups in total. The Morgan fingerprint density at radius 3 is 2.30 bits per heavy atom. The molecule has 0 aliphatic heterocycles. The molecule has 4 aliphatic rings. The molecule has 132 valence electrons. The summed E-state index contributed by atoms with van der Waals surface area (Å²) in [6, 6.07) is 0.573. The van der Waals surface area contributed by atoms with Gasteiger partial charge < -0.3 is 15.4 Å². The molecule has 4 rings (SSSR count). The van der Waals surface area contributed by atoms with Gasteiger partial charge in [-0.25, -0.2) is 0 Å². The number of ether oxygens (including phenoxy) is 1. The van der Waals surface area contributed by atoms with Gasteiger partial charge in [-0.05, 0) is 86.8 Å². The van der Waals surface area contributed by atoms with Crippen LogP contribution in [0.5, 0.6) is 0 Å². The normalized spacial score (nSPS) is 36.0. The Labute approximate surface area is 147 Å². The maximum Gasteiger partial charge on any atom is 0.166 e. The van der Waals surface area contributed by atoms with E-state index in [0.717, 1.165) is 42.4 Å². The molecule has 0 aromatic rings. The Kier molecular flexibility index (Phi) is 5.84. The van der Waals surface area contributed by atoms with Crippen LogP contribution in [0.2, 0.25) is 0 Å². The van der Waals surface area contributed by atoms with Crippen LogP contribution in [-0.2, 0) is 4.74 Å². The third-order valence-electron chi connectivity index (χ3n) is 6.52. The van der Waals surface area contributed by atoms with Gasteiger partial charge in [-0.1, -0.05) is 13.3 Å². The van der Waals surface area contributed by atoms with Gasteiger partial charge in [0.15, 0.2) is 5.11 Å². The number of hydrogen-bond donors (Lipinski definition) is 2. The van der Waals surface area contributed by atoms with Gasteiger partial charge >= 0.3 is 0 Å². The average molecular weight is 339 g/mol. The lowest BCUT2D eigenvalue weighted by Gasteiger charge is -2.59. The minimum Gasteiger partial charge on any atom is -0.385 e. The summed E-state index contributed by atoms with van der Waals surface area (Å²) in [6.45, 7) is 4.01. The van der Waals surface area contributed by atoms with E-state index < -0.39 is 0 Å². The minimum atomic E-state index is 0.531. The van der Waals surface area contributed by atoms with Crippen molar-refractivity contribution < 1.29 is 4.74 Å². The maximum atomic E-state index is 5.59. The van der Waals surface area contributed by atoms with Gasteiger partial charge in [-0.15, -0.1) is 0 Å². The summed E-state index contributed by atoms with van der Waals surface area (Å²) >= 11 is 5.59. The van der Waals surface area contributed by atoms with Gasteiger partial charge in [-0.2, -0.15) is 0 Å². The lowest BCUT2D eigenvalue weighted by atomic mass is 9.47. The molecule has 4 heteroatoms. The van der Waals surface area contributed by atoms with Crippen molar-refractivity contribution in [3.05, 3.63) is 0 Å². The van der Waals surface area contributed by atoms with Crippen LogP contribution in [0.4, 0.5) is 0 Å². The average Bonchev–Trinajstić information content (AvgIpc) is 2.50. The first-order valence-corrected chi connectivity index (χ1v) is 10.1. The molecule has 4 fully saturated rings. The Bertz CT molecular complexity index is 377. The number of rotatable bonds is 8. The number of hydrogen-bond acceptors (Lipinski definition) is 2. The maximum absolute atomic E-state index is 5.59. The van der Waals surface area contributed by atoms with Crippen LogP contribution in [0.3, 0.4) is 0 Å². The largest absolute Gasteiger partial charge is 0.385 e. The fourth-order valence-electron chi connectivity index (χ4n) is 6.05. The molecule has 0 heterocycles. The highest BCUT2D eigenvalue weighted by Gasteiger charge is 2.53. The number of thiocarbonyl (C=S) groups is 1. The zero-order valence-corrected chi connectivity index (χ0v) is 15.7. The second kappa shape index (κ2) is 7.69. The first-order chi connectivity index (χ1) is 11.1. The van der Waals surface area contributed by atoms with Crippen LogP contribution >= 0.6 is 12.2 Å². The van der Waals surface area contributed by atoms with E-state index in [9.17, 15) is 0 Å². The Hall–Kier alpha value is -0.350. The predicted octanol–water partition coefficient (Wildman–Crippen LogP) is 3.87. The molecule has 0 amide bonds. The highest BCUT2D eigenvalue weighted by molar-refractivity contribution is 7.80. The molecule has 0 aromatic heterocycles. The first kappa shape index (κ1) is 17.5. The Morgan fingerprint density at radius 2 is 1.78 bits per heavy atom. The summed E-state index contributed by atoms with van der Waals surface area (Å²) in [5.74, 6) is 3.02. The van der Waals surface area contributed by atoms with Crippen molar-refractivity contribution in [2.75, 3.05) is 20.3 Å². The van der Waals surface area contributed by atoms with Crippen molar-refractivity contribution in [1.29, 1.82) is 0 Å². The summed E-state index contributed by atoms with van der Waals surface area (Å²) in [5, 5.41) is 7.97. The molecule has 3 nitrogen and oxygen atoms in total. The lowest BCUT2D eigenvalue weighted by Crippen LogP contribution is -2.58. The van der Waals surface area contributed by atoms with Crippen molar-refractivity contribution in [3.8, 4) is 0 Å². The third kappa shape index (κ3) is 4.01. The highest BCUT2D eigenvalue weighted by atomic mass is 32.1. The van der Waals surface area contributed by atoms with Gasteiger partial charge in [-0.3, -0.25) is 0 Å². The van der Waals surface area contributed by atoms with Crippen LogP contribution in [0, 0.1) is 23.2 Å². The highest BCUT2D eigenvalue weighted by Crippen LogP contribution is 2.61. The second-order valence-electron chi connectivity index (χ2n) is 8.37. The fraction of sp³-hybridized carbons (Fsp3) is 0.947. The van der Waals surface area contributed by atoms with Crippen molar-refractivity contribution in [2.24, 2.45) is 23.2 Å². The molecule has 4 aliphatic carbocycles. The van der Waals surface area contributed by atoms with Gasteiger partial charge in [0.2, 0.25) is 0 Å². The van der Waals surface area contributed by atoms with Crippen molar-refractivity contribution in [3.63, 3.8) is 0 Å². The monoisotopic (exact) mass is 338 g/mol. The van der Waals surface area contributed by atoms with E-state index in [4.69, 9.17) is 17.0 Å². The molecule has 0 unspecified atom stereocenters. The van der Waals surface area contributed by atoms with E-state index >= 15 is 0 Å². The summed E-state index contributed by atoms with van der Waals surface area (Å²) < 4.78 is 5.10. The lowest BCUT2D eigenvalue weighted by molar-refractivity contribution is -0.0720. The molecule has 1 atom stereocenters. The topological polar surface area (TPSA) is 33.3 Å². The van der Waals surface area contributed by atoms with E-state index in [1.54, 1.807) is 7.11 Å². The zero-order valence-electron chi connectivity index (χ0n) is 14.9. The fourth-order valence-corrected chi connectivity index (χ4v) is 6.30. The van der Waals surface area contributed by atoms with Crippen LogP contribution < -0.4 is 10.6 Å². The van der Waals surface area contributed by atoms with E-state index in [1.807, 2.05) is 0 Å². The molecular formula is C19H34N2OS. The second-order valence-corrected chi connectivity index (χ2v) is 8.78. The molecule has 4 saturated carbocycles. The summed E-state index contributed by atoms with van der Waals surface area (Å²) in [4.78, 5) is 0. The standard InChI is InChI=1S/C19H34N2OS/c1-3-5-17(21-18(23)20-6-4-7-22-2)19-11-14-8-15(12-19)10-16(9-14)13-19/h14-17H,3-13H2,1-2H3,(H2,20,21,23)/t14?,15?,16?,17-,19?/m0/s1. The van der Waals surface area contributed by atoms with E-state index in [-0.39, 0.29) is 0 Å². The quantitative estimate of drug-likeness (QED) is 0.520. The minimum absolute atomic E-state index is 0.531. The van der Waals surface area contributed by atoms with Crippen molar-refractivity contribution >= 4 is 17.3 Å². The van der Waals surface area contributed by atoms with Gasteiger partial charge in [0.25, 0.3) is 0 Å². The van der Waals surface area contributed by atoms with Gasteiger partial charge in [0.1, 0.15) is 0 Å². The van der Waals surface area contributed by atoms with Gasteiger partial charge in [0, 0.05) is 26.3 Å². The van der Waals surface area contributed by atoms with E-state index in [2.05, 4.69) is 17.6 Å². The first-order valence-electron chi connectivity index (χ1n) is 9.68. The third-order valence-corrected chi connectivity index (χ3v) is 6.78. The summed E-state index contributed by atoms with van der Waals surface area (Å²) in [5.41, 5.74) is 0.531. The SMILES string of the molecule is CCC[C@H](NC(=S)NCCCOC)C12CC3CC(CC(C3)C1)C2. The Morgan fingerprint density at radius 1 is 1.17 bits per heavy atom. The smallest absolute Gasteiger partial charge is 0.166 e. The Balaban J connectivity index is 1.59. The van der Waals surface area contributed by atoms with Gasteiger partial charge in [0.05, 0.1) is 0 Å². The predicted molar refractivity (Wildman–Crippen MR) is 99.5 cm³/mol. The van der Waals surface area contributed by atoms with E-state index in [0.29, 0.717) is 11.5 Å². The van der Waals surface area contributed by atoms with Crippen molar-refractivity contribution in [2.45, 2.75) is 70.8 Å². The molecule has 23 heavy (non-hydrogen) atoms. The molecule has 0 radical (unpaired) electrons.